The Kier molecular flexibility index (Phi) is 10.7. The molecule has 1 unspecified atom stereocenters. The van der Waals surface area contributed by atoms with Crippen LogP contribution in [0, 0.1) is 0 Å². The smallest absolute Gasteiger partial charge is 0.0547 e. The number of benzene rings is 12. The van der Waals surface area contributed by atoms with E-state index in [0.29, 0.717) is 0 Å². The highest BCUT2D eigenvalue weighted by Gasteiger charge is 2.36. The van der Waals surface area contributed by atoms with Gasteiger partial charge < -0.3 is 4.57 Å². The van der Waals surface area contributed by atoms with Crippen molar-refractivity contribution in [1.82, 2.24) is 4.57 Å². The zero-order valence-electron chi connectivity index (χ0n) is 42.1. The van der Waals surface area contributed by atoms with Gasteiger partial charge in [0.25, 0.3) is 0 Å². The molecule has 1 nitrogen and oxygen atoms in total. The highest BCUT2D eigenvalue weighted by atomic mass is 15.0. The Balaban J connectivity index is 0.920. The molecule has 0 amide bonds. The number of fused-ring (bicyclic) bond motifs is 7. The second-order valence-electron chi connectivity index (χ2n) is 20.8. The van der Waals surface area contributed by atoms with Gasteiger partial charge in [0.2, 0.25) is 0 Å². The zero-order chi connectivity index (χ0) is 50.0. The normalized spacial score (nSPS) is 13.0. The minimum Gasteiger partial charge on any atom is -0.309 e. The number of nitrogens with zero attached hydrogens (tertiary/aromatic N) is 1. The van der Waals surface area contributed by atoms with E-state index in [9.17, 15) is 0 Å². The first-order valence-electron chi connectivity index (χ1n) is 26.3. The first-order chi connectivity index (χ1) is 36.9. The Labute approximate surface area is 439 Å². The average molecular weight is 956 g/mol. The summed E-state index contributed by atoms with van der Waals surface area (Å²) in [5.74, 6) is -0.0457. The van der Waals surface area contributed by atoms with Crippen LogP contribution in [0.5, 0.6) is 0 Å². The van der Waals surface area contributed by atoms with E-state index in [1.807, 2.05) is 0 Å². The molecule has 1 aliphatic carbocycles. The predicted molar refractivity (Wildman–Crippen MR) is 317 cm³/mol. The van der Waals surface area contributed by atoms with E-state index in [2.05, 4.69) is 297 Å². The molecule has 0 saturated heterocycles. The molecule has 0 aliphatic heterocycles. The van der Waals surface area contributed by atoms with Gasteiger partial charge in [-0.05, 0) is 136 Å². The van der Waals surface area contributed by atoms with Crippen LogP contribution in [0.3, 0.4) is 0 Å². The van der Waals surface area contributed by atoms with Crippen LogP contribution in [0.1, 0.15) is 47.6 Å². The fourth-order valence-corrected chi connectivity index (χ4v) is 12.3. The topological polar surface area (TPSA) is 4.93 Å². The maximum Gasteiger partial charge on any atom is 0.0547 e. The average Bonchev–Trinajstić information content (AvgIpc) is 3.93. The van der Waals surface area contributed by atoms with Crippen molar-refractivity contribution < 1.29 is 0 Å². The zero-order valence-corrected chi connectivity index (χ0v) is 42.1. The SMILES string of the molecule is CC1(C)c2ccccc2-c2ccc(C(c3ccc(-c4ccccc4)cc3)c3cc(-c4ccc(-c5ccc6c7ccccc7n(-c7ccccc7)c6c5)cc4)cc(-c4ccc(-c5cccc6ccccc56)cc4)c3)cc21. The standard InChI is InChI=1S/C74H53N/c1-74(2)69-26-13-11-23-65(69)66-42-41-58(47-70(66)74)73(56-38-34-50(35-39-56)49-16-5-3-6-17-49)61-45-59(44-60(46-61)53-32-36-55(37-33-53)64-25-15-19-54-18-9-10-22-63(54)64)52-30-28-51(29-31-52)57-40-43-68-67-24-12-14-27-71(67)75(72(68)48-57)62-20-7-4-8-21-62/h3-48,73H,1-2H3. The summed E-state index contributed by atoms with van der Waals surface area (Å²) in [4.78, 5) is 0. The van der Waals surface area contributed by atoms with E-state index in [4.69, 9.17) is 0 Å². The molecule has 0 fully saturated rings. The molecule has 0 N–H and O–H groups in total. The second-order valence-corrected chi connectivity index (χ2v) is 20.8. The van der Waals surface area contributed by atoms with Gasteiger partial charge in [-0.15, -0.1) is 0 Å². The van der Waals surface area contributed by atoms with Crippen molar-refractivity contribution in [1.29, 1.82) is 0 Å². The summed E-state index contributed by atoms with van der Waals surface area (Å²) < 4.78 is 2.40. The van der Waals surface area contributed by atoms with E-state index in [1.165, 1.54) is 127 Å². The highest BCUT2D eigenvalue weighted by Crippen LogP contribution is 2.50. The van der Waals surface area contributed by atoms with E-state index < -0.39 is 0 Å². The summed E-state index contributed by atoms with van der Waals surface area (Å²) in [5, 5.41) is 5.03. The quantitative estimate of drug-likeness (QED) is 0.127. The lowest BCUT2D eigenvalue weighted by molar-refractivity contribution is 0.659. The van der Waals surface area contributed by atoms with Crippen molar-refractivity contribution in [3.8, 4) is 72.4 Å². The second kappa shape index (κ2) is 18.0. The van der Waals surface area contributed by atoms with E-state index in [0.717, 1.165) is 5.69 Å². The Hall–Kier alpha value is -9.30. The minimum absolute atomic E-state index is 0.0457. The van der Waals surface area contributed by atoms with Crippen molar-refractivity contribution >= 4 is 32.6 Å². The lowest BCUT2D eigenvalue weighted by Crippen LogP contribution is -2.15. The van der Waals surface area contributed by atoms with Crippen LogP contribution in [0.2, 0.25) is 0 Å². The third kappa shape index (κ3) is 7.70. The van der Waals surface area contributed by atoms with Crippen LogP contribution in [0.25, 0.3) is 105 Å². The molecule has 0 spiro atoms. The molecule has 12 aromatic carbocycles. The van der Waals surface area contributed by atoms with Crippen LogP contribution < -0.4 is 0 Å². The van der Waals surface area contributed by atoms with Crippen molar-refractivity contribution in [2.24, 2.45) is 0 Å². The lowest BCUT2D eigenvalue weighted by Gasteiger charge is -2.25. The van der Waals surface area contributed by atoms with Gasteiger partial charge in [0, 0.05) is 27.8 Å². The van der Waals surface area contributed by atoms with Crippen LogP contribution in [0.15, 0.2) is 279 Å². The predicted octanol–water partition coefficient (Wildman–Crippen LogP) is 19.8. The van der Waals surface area contributed by atoms with Gasteiger partial charge in [0.15, 0.2) is 0 Å². The molecule has 1 heterocycles. The molecular formula is C74H53N. The molecule has 354 valence electrons. The highest BCUT2D eigenvalue weighted by molar-refractivity contribution is 6.10. The maximum absolute atomic E-state index is 2.51. The van der Waals surface area contributed by atoms with Crippen molar-refractivity contribution in [3.05, 3.63) is 307 Å². The fourth-order valence-electron chi connectivity index (χ4n) is 12.3. The van der Waals surface area contributed by atoms with Gasteiger partial charge in [-0.3, -0.25) is 0 Å². The number of hydrogen-bond acceptors (Lipinski definition) is 0. The van der Waals surface area contributed by atoms with E-state index in [-0.39, 0.29) is 11.3 Å². The minimum atomic E-state index is -0.132. The lowest BCUT2D eigenvalue weighted by atomic mass is 9.78. The summed E-state index contributed by atoms with van der Waals surface area (Å²) in [5.41, 5.74) is 24.7. The largest absolute Gasteiger partial charge is 0.309 e. The van der Waals surface area contributed by atoms with Crippen LogP contribution in [0.4, 0.5) is 0 Å². The molecule has 0 bridgehead atoms. The van der Waals surface area contributed by atoms with Crippen molar-refractivity contribution in [3.63, 3.8) is 0 Å². The Morgan fingerprint density at radius 2 is 0.787 bits per heavy atom. The van der Waals surface area contributed by atoms with Gasteiger partial charge in [0.1, 0.15) is 0 Å². The summed E-state index contributed by atoms with van der Waals surface area (Å²) in [6.45, 7) is 4.77. The molecule has 13 aromatic rings. The Bertz CT molecular complexity index is 4270. The van der Waals surface area contributed by atoms with Gasteiger partial charge in [0.05, 0.1) is 11.0 Å². The Morgan fingerprint density at radius 3 is 1.53 bits per heavy atom. The third-order valence-electron chi connectivity index (χ3n) is 16.1. The first-order valence-corrected chi connectivity index (χ1v) is 26.3. The molecule has 1 aliphatic rings. The maximum atomic E-state index is 2.51. The van der Waals surface area contributed by atoms with Gasteiger partial charge in [-0.25, -0.2) is 0 Å². The van der Waals surface area contributed by atoms with Crippen LogP contribution in [-0.2, 0) is 5.41 Å². The van der Waals surface area contributed by atoms with Crippen molar-refractivity contribution in [2.75, 3.05) is 0 Å². The first kappa shape index (κ1) is 44.4. The van der Waals surface area contributed by atoms with Gasteiger partial charge in [-0.2, -0.15) is 0 Å². The molecular weight excluding hydrogens is 903 g/mol. The molecule has 1 atom stereocenters. The number of rotatable bonds is 9. The molecule has 1 heteroatoms. The third-order valence-corrected chi connectivity index (χ3v) is 16.1. The summed E-state index contributed by atoms with van der Waals surface area (Å²) in [6, 6.07) is 104. The van der Waals surface area contributed by atoms with Gasteiger partial charge in [-0.1, -0.05) is 263 Å². The summed E-state index contributed by atoms with van der Waals surface area (Å²) in [6.07, 6.45) is 0. The monoisotopic (exact) mass is 955 g/mol. The number of aromatic nitrogens is 1. The summed E-state index contributed by atoms with van der Waals surface area (Å²) in [7, 11) is 0. The van der Waals surface area contributed by atoms with E-state index >= 15 is 0 Å². The van der Waals surface area contributed by atoms with Crippen molar-refractivity contribution in [2.45, 2.75) is 25.2 Å². The fraction of sp³-hybridized carbons (Fsp3) is 0.0541. The van der Waals surface area contributed by atoms with Crippen LogP contribution in [-0.4, -0.2) is 4.57 Å². The molecule has 0 radical (unpaired) electrons. The molecule has 75 heavy (non-hydrogen) atoms. The Morgan fingerprint density at radius 1 is 0.280 bits per heavy atom. The molecule has 1 aromatic heterocycles. The van der Waals surface area contributed by atoms with E-state index in [1.54, 1.807) is 0 Å². The summed E-state index contributed by atoms with van der Waals surface area (Å²) >= 11 is 0. The number of para-hydroxylation sites is 2. The van der Waals surface area contributed by atoms with Crippen LogP contribution >= 0.6 is 0 Å². The molecule has 14 rings (SSSR count). The molecule has 0 saturated carbocycles. The van der Waals surface area contributed by atoms with Gasteiger partial charge >= 0.3 is 0 Å². The number of hydrogen-bond donors (Lipinski definition) is 0.